The molecule has 0 radical (unpaired) electrons. The summed E-state index contributed by atoms with van der Waals surface area (Å²) in [4.78, 5) is 28.7. The van der Waals surface area contributed by atoms with E-state index in [-0.39, 0.29) is 23.1 Å². The maximum Gasteiger partial charge on any atom is 0.285 e. The highest BCUT2D eigenvalue weighted by Gasteiger charge is 2.29. The van der Waals surface area contributed by atoms with Crippen LogP contribution in [0.1, 0.15) is 42.3 Å². The first-order valence-electron chi connectivity index (χ1n) is 8.70. The summed E-state index contributed by atoms with van der Waals surface area (Å²) in [5.74, 6) is -0.604. The molecule has 1 aromatic heterocycles. The van der Waals surface area contributed by atoms with Gasteiger partial charge in [0.1, 0.15) is 10.7 Å². The highest BCUT2D eigenvalue weighted by atomic mass is 32.2. The quantitative estimate of drug-likeness (QED) is 0.632. The average Bonchev–Trinajstić information content (AvgIpc) is 3.27. The van der Waals surface area contributed by atoms with Crippen molar-refractivity contribution in [1.82, 2.24) is 20.8 Å². The number of sulfonamides is 1. The molecule has 0 bridgehead atoms. The molecule has 1 atom stereocenters. The van der Waals surface area contributed by atoms with Crippen LogP contribution in [0.3, 0.4) is 0 Å². The van der Waals surface area contributed by atoms with Gasteiger partial charge in [0.05, 0.1) is 12.6 Å². The molecule has 0 spiro atoms. The summed E-state index contributed by atoms with van der Waals surface area (Å²) in [6, 6.07) is 5.51. The SMILES string of the molecule is CCc1nc(C(=O)[C@H](CC)NC(=O)CNC2=NS(=O)(=O)c3ccccc32)no1. The van der Waals surface area contributed by atoms with Gasteiger partial charge in [0.25, 0.3) is 10.0 Å². The van der Waals surface area contributed by atoms with Crippen LogP contribution in [-0.2, 0) is 21.2 Å². The van der Waals surface area contributed by atoms with E-state index in [2.05, 4.69) is 25.2 Å². The molecule has 2 aromatic rings. The molecule has 28 heavy (non-hydrogen) atoms. The minimum Gasteiger partial charge on any atom is -0.360 e. The molecule has 1 amide bonds. The molecule has 1 aromatic carbocycles. The second-order valence-electron chi connectivity index (χ2n) is 6.02. The Hall–Kier alpha value is -3.08. The van der Waals surface area contributed by atoms with E-state index in [1.165, 1.54) is 6.07 Å². The molecule has 11 heteroatoms. The number of carbonyl (C=O) groups is 2. The Morgan fingerprint density at radius 2 is 1.96 bits per heavy atom. The van der Waals surface area contributed by atoms with E-state index >= 15 is 0 Å². The Morgan fingerprint density at radius 1 is 1.21 bits per heavy atom. The number of fused-ring (bicyclic) bond motifs is 1. The third-order valence-corrected chi connectivity index (χ3v) is 5.43. The van der Waals surface area contributed by atoms with E-state index < -0.39 is 27.8 Å². The maximum absolute atomic E-state index is 12.4. The number of rotatable bonds is 7. The van der Waals surface area contributed by atoms with Gasteiger partial charge in [-0.1, -0.05) is 31.1 Å². The van der Waals surface area contributed by atoms with Crippen molar-refractivity contribution in [2.24, 2.45) is 4.40 Å². The zero-order valence-electron chi connectivity index (χ0n) is 15.3. The number of hydrogen-bond acceptors (Lipinski definition) is 8. The molecule has 3 rings (SSSR count). The first-order chi connectivity index (χ1) is 13.4. The van der Waals surface area contributed by atoms with Gasteiger partial charge < -0.3 is 15.2 Å². The van der Waals surface area contributed by atoms with Crippen molar-refractivity contribution in [2.45, 2.75) is 37.6 Å². The fourth-order valence-corrected chi connectivity index (χ4v) is 3.84. The molecule has 0 saturated heterocycles. The highest BCUT2D eigenvalue weighted by Crippen LogP contribution is 2.24. The standard InChI is InChI=1S/C17H19N5O5S/c1-3-11(15(24)17-20-14(4-2)27-21-17)19-13(23)9-18-16-10-7-5-6-8-12(10)28(25,26)22-16/h5-8,11H,3-4,9H2,1-2H3,(H,18,22)(H,19,23)/t11-/m0/s1. The molecular weight excluding hydrogens is 386 g/mol. The van der Waals surface area contributed by atoms with Crippen molar-refractivity contribution in [3.05, 3.63) is 41.5 Å². The number of nitrogens with one attached hydrogen (secondary N) is 2. The zero-order valence-corrected chi connectivity index (χ0v) is 16.1. The molecule has 0 unspecified atom stereocenters. The van der Waals surface area contributed by atoms with E-state index in [9.17, 15) is 18.0 Å². The number of benzene rings is 1. The fraction of sp³-hybridized carbons (Fsp3) is 0.353. The number of amides is 1. The maximum atomic E-state index is 12.4. The van der Waals surface area contributed by atoms with Crippen molar-refractivity contribution >= 4 is 27.5 Å². The normalized spacial score (nSPS) is 15.4. The minimum atomic E-state index is -3.77. The Bertz CT molecular complexity index is 1040. The van der Waals surface area contributed by atoms with Gasteiger partial charge in [-0.15, -0.1) is 4.40 Å². The molecule has 1 aliphatic rings. The van der Waals surface area contributed by atoms with E-state index in [0.717, 1.165) is 0 Å². The third kappa shape index (κ3) is 3.93. The molecule has 148 valence electrons. The summed E-state index contributed by atoms with van der Waals surface area (Å²) < 4.78 is 32.6. The second-order valence-corrected chi connectivity index (χ2v) is 7.60. The van der Waals surface area contributed by atoms with Crippen molar-refractivity contribution in [3.8, 4) is 0 Å². The van der Waals surface area contributed by atoms with Crippen LogP contribution in [0.25, 0.3) is 0 Å². The smallest absolute Gasteiger partial charge is 0.285 e. The Kier molecular flexibility index (Phi) is 5.54. The number of amidine groups is 1. The van der Waals surface area contributed by atoms with Gasteiger partial charge in [-0.2, -0.15) is 13.4 Å². The van der Waals surface area contributed by atoms with Crippen molar-refractivity contribution < 1.29 is 22.5 Å². The van der Waals surface area contributed by atoms with E-state index in [4.69, 9.17) is 4.52 Å². The molecule has 10 nitrogen and oxygen atoms in total. The lowest BCUT2D eigenvalue weighted by Crippen LogP contribution is -2.45. The zero-order chi connectivity index (χ0) is 20.3. The van der Waals surface area contributed by atoms with Gasteiger partial charge in [-0.3, -0.25) is 9.59 Å². The molecule has 0 fully saturated rings. The summed E-state index contributed by atoms with van der Waals surface area (Å²) in [5.41, 5.74) is 0.400. The largest absolute Gasteiger partial charge is 0.360 e. The molecule has 0 aliphatic carbocycles. The topological polar surface area (TPSA) is 144 Å². The number of carbonyl (C=O) groups excluding carboxylic acids is 2. The lowest BCUT2D eigenvalue weighted by Gasteiger charge is -2.14. The number of hydrogen-bond donors (Lipinski definition) is 2. The molecular formula is C17H19N5O5S. The van der Waals surface area contributed by atoms with Crippen LogP contribution in [-0.4, -0.2) is 48.7 Å². The number of aromatic nitrogens is 2. The average molecular weight is 405 g/mol. The minimum absolute atomic E-state index is 0.0860. The van der Waals surface area contributed by atoms with Crippen LogP contribution in [0.2, 0.25) is 0 Å². The van der Waals surface area contributed by atoms with Gasteiger partial charge in [0.2, 0.25) is 23.4 Å². The van der Waals surface area contributed by atoms with Crippen LogP contribution in [0.15, 0.2) is 38.1 Å². The Balaban J connectivity index is 1.63. The van der Waals surface area contributed by atoms with E-state index in [1.807, 2.05) is 6.92 Å². The summed E-state index contributed by atoms with van der Waals surface area (Å²) >= 11 is 0. The first kappa shape index (κ1) is 19.7. The fourth-order valence-electron chi connectivity index (χ4n) is 2.65. The van der Waals surface area contributed by atoms with Gasteiger partial charge in [-0.25, -0.2) is 0 Å². The van der Waals surface area contributed by atoms with Crippen molar-refractivity contribution in [3.63, 3.8) is 0 Å². The van der Waals surface area contributed by atoms with Gasteiger partial charge in [-0.05, 0) is 18.6 Å². The van der Waals surface area contributed by atoms with Crippen molar-refractivity contribution in [2.75, 3.05) is 6.54 Å². The summed E-state index contributed by atoms with van der Waals surface area (Å²) in [7, 11) is -3.77. The van der Waals surface area contributed by atoms with Crippen LogP contribution >= 0.6 is 0 Å². The number of aryl methyl sites for hydroxylation is 1. The predicted molar refractivity (Wildman–Crippen MR) is 98.4 cm³/mol. The number of Topliss-reactive ketones (excluding diaryl/α,β-unsaturated/α-hetero) is 1. The number of nitrogens with zero attached hydrogens (tertiary/aromatic N) is 3. The van der Waals surface area contributed by atoms with Crippen LogP contribution in [0, 0.1) is 0 Å². The second kappa shape index (κ2) is 7.89. The third-order valence-electron chi connectivity index (χ3n) is 4.10. The highest BCUT2D eigenvalue weighted by molar-refractivity contribution is 7.90. The molecule has 0 saturated carbocycles. The monoisotopic (exact) mass is 405 g/mol. The van der Waals surface area contributed by atoms with Gasteiger partial charge >= 0.3 is 0 Å². The lowest BCUT2D eigenvalue weighted by atomic mass is 10.1. The summed E-state index contributed by atoms with van der Waals surface area (Å²) in [5, 5.41) is 8.92. The van der Waals surface area contributed by atoms with Crippen LogP contribution in [0.4, 0.5) is 0 Å². The molecule has 2 heterocycles. The number of ketones is 1. The van der Waals surface area contributed by atoms with E-state index in [0.29, 0.717) is 24.3 Å². The van der Waals surface area contributed by atoms with Gasteiger partial charge in [0, 0.05) is 12.0 Å². The summed E-state index contributed by atoms with van der Waals surface area (Å²) in [6.45, 7) is 3.30. The van der Waals surface area contributed by atoms with Crippen LogP contribution < -0.4 is 10.6 Å². The van der Waals surface area contributed by atoms with Crippen molar-refractivity contribution in [1.29, 1.82) is 0 Å². The Labute approximate surface area is 161 Å². The first-order valence-corrected chi connectivity index (χ1v) is 10.1. The predicted octanol–water partition coefficient (Wildman–Crippen LogP) is 0.448. The van der Waals surface area contributed by atoms with E-state index in [1.54, 1.807) is 25.1 Å². The lowest BCUT2D eigenvalue weighted by molar-refractivity contribution is -0.120. The molecule has 1 aliphatic heterocycles. The molecule has 2 N–H and O–H groups in total. The van der Waals surface area contributed by atoms with Crippen LogP contribution in [0.5, 0.6) is 0 Å². The van der Waals surface area contributed by atoms with Gasteiger partial charge in [0.15, 0.2) is 0 Å². The Morgan fingerprint density at radius 3 is 2.64 bits per heavy atom. The summed E-state index contributed by atoms with van der Waals surface area (Å²) in [6.07, 6.45) is 0.832.